The molecule has 108 valence electrons. The Morgan fingerprint density at radius 1 is 0.952 bits per heavy atom. The topological polar surface area (TPSA) is 83.8 Å². The molecule has 0 saturated carbocycles. The van der Waals surface area contributed by atoms with Crippen LogP contribution in [0.4, 0.5) is 0 Å². The van der Waals surface area contributed by atoms with Gasteiger partial charge in [-0.3, -0.25) is 4.79 Å². The molecule has 2 rings (SSSR count). The van der Waals surface area contributed by atoms with Crippen LogP contribution in [0.5, 0.6) is 5.75 Å². The van der Waals surface area contributed by atoms with Crippen molar-refractivity contribution in [2.45, 2.75) is 12.5 Å². The third-order valence-corrected chi connectivity index (χ3v) is 2.88. The van der Waals surface area contributed by atoms with Crippen LogP contribution in [0, 0.1) is 0 Å². The highest BCUT2D eigenvalue weighted by atomic mass is 16.5. The highest BCUT2D eigenvalue weighted by Gasteiger charge is 2.24. The maximum absolute atomic E-state index is 11.1. The normalized spacial score (nSPS) is 11.6. The predicted octanol–water partition coefficient (Wildman–Crippen LogP) is 2.66. The Morgan fingerprint density at radius 3 is 2.19 bits per heavy atom. The van der Waals surface area contributed by atoms with Gasteiger partial charge in [0.1, 0.15) is 5.75 Å². The van der Waals surface area contributed by atoms with Crippen LogP contribution < -0.4 is 4.74 Å². The number of carboxylic acid groups (broad SMARTS) is 2. The van der Waals surface area contributed by atoms with E-state index in [1.54, 1.807) is 18.2 Å². The summed E-state index contributed by atoms with van der Waals surface area (Å²) in [7, 11) is 0. The van der Waals surface area contributed by atoms with Crippen LogP contribution in [0.3, 0.4) is 0 Å². The van der Waals surface area contributed by atoms with Crippen LogP contribution >= 0.6 is 0 Å². The van der Waals surface area contributed by atoms with E-state index in [9.17, 15) is 9.59 Å². The molecule has 0 aliphatic carbocycles. The van der Waals surface area contributed by atoms with E-state index in [0.29, 0.717) is 5.75 Å². The molecule has 0 amide bonds. The van der Waals surface area contributed by atoms with Gasteiger partial charge in [0, 0.05) is 5.56 Å². The molecular formula is C16H14O5. The molecule has 0 fully saturated rings. The molecule has 0 heterocycles. The number of hydrogen-bond acceptors (Lipinski definition) is 3. The van der Waals surface area contributed by atoms with Crippen LogP contribution in [0.2, 0.25) is 0 Å². The van der Waals surface area contributed by atoms with Crippen LogP contribution in [0.1, 0.15) is 6.42 Å². The third-order valence-electron chi connectivity index (χ3n) is 2.88. The van der Waals surface area contributed by atoms with Gasteiger partial charge in [0.15, 0.2) is 0 Å². The molecule has 2 aromatic carbocycles. The second-order valence-corrected chi connectivity index (χ2v) is 4.40. The number of para-hydroxylation sites is 1. The van der Waals surface area contributed by atoms with Crippen molar-refractivity contribution in [2.24, 2.45) is 0 Å². The number of ether oxygens (including phenoxy) is 1. The Kier molecular flexibility index (Phi) is 4.56. The van der Waals surface area contributed by atoms with Gasteiger partial charge in [-0.1, -0.05) is 48.5 Å². The Morgan fingerprint density at radius 2 is 1.57 bits per heavy atom. The summed E-state index contributed by atoms with van der Waals surface area (Å²) >= 11 is 0. The predicted molar refractivity (Wildman–Crippen MR) is 76.2 cm³/mol. The smallest absolute Gasteiger partial charge is 0.345 e. The van der Waals surface area contributed by atoms with Gasteiger partial charge in [0.05, 0.1) is 6.42 Å². The molecule has 2 N–H and O–H groups in total. The molecule has 5 nitrogen and oxygen atoms in total. The molecule has 0 spiro atoms. The Hall–Kier alpha value is -2.82. The SMILES string of the molecule is O=C(O)CC(Oc1ccccc1-c1ccccc1)C(=O)O. The van der Waals surface area contributed by atoms with Crippen molar-refractivity contribution in [2.75, 3.05) is 0 Å². The van der Waals surface area contributed by atoms with E-state index in [-0.39, 0.29) is 0 Å². The lowest BCUT2D eigenvalue weighted by Crippen LogP contribution is -2.29. The fraction of sp³-hybridized carbons (Fsp3) is 0.125. The number of hydrogen-bond donors (Lipinski definition) is 2. The number of carbonyl (C=O) groups is 2. The number of carboxylic acids is 2. The van der Waals surface area contributed by atoms with Crippen molar-refractivity contribution >= 4 is 11.9 Å². The summed E-state index contributed by atoms with van der Waals surface area (Å²) in [6.45, 7) is 0. The number of benzene rings is 2. The van der Waals surface area contributed by atoms with Crippen molar-refractivity contribution < 1.29 is 24.5 Å². The summed E-state index contributed by atoms with van der Waals surface area (Å²) in [5, 5.41) is 17.8. The highest BCUT2D eigenvalue weighted by Crippen LogP contribution is 2.30. The van der Waals surface area contributed by atoms with Gasteiger partial charge in [0.25, 0.3) is 0 Å². The van der Waals surface area contributed by atoms with E-state index in [1.165, 1.54) is 0 Å². The third kappa shape index (κ3) is 3.82. The van der Waals surface area contributed by atoms with Crippen LogP contribution in [0.25, 0.3) is 11.1 Å². The minimum absolute atomic E-state index is 0.345. The largest absolute Gasteiger partial charge is 0.481 e. The molecule has 5 heteroatoms. The van der Waals surface area contributed by atoms with Crippen LogP contribution in [0.15, 0.2) is 54.6 Å². The summed E-state index contributed by atoms with van der Waals surface area (Å²) < 4.78 is 5.39. The van der Waals surface area contributed by atoms with Gasteiger partial charge in [-0.25, -0.2) is 4.79 Å². The molecule has 1 atom stereocenters. The summed E-state index contributed by atoms with van der Waals surface area (Å²) in [4.78, 5) is 21.8. The quantitative estimate of drug-likeness (QED) is 0.853. The van der Waals surface area contributed by atoms with E-state index in [4.69, 9.17) is 14.9 Å². The average molecular weight is 286 g/mol. The highest BCUT2D eigenvalue weighted by molar-refractivity contribution is 5.80. The molecule has 0 aliphatic rings. The number of rotatable bonds is 6. The van der Waals surface area contributed by atoms with Crippen LogP contribution in [-0.2, 0) is 9.59 Å². The first-order valence-electron chi connectivity index (χ1n) is 6.33. The van der Waals surface area contributed by atoms with Crippen molar-refractivity contribution in [1.29, 1.82) is 0 Å². The van der Waals surface area contributed by atoms with Gasteiger partial charge in [0.2, 0.25) is 6.10 Å². The van der Waals surface area contributed by atoms with E-state index in [0.717, 1.165) is 11.1 Å². The Labute approximate surface area is 121 Å². The molecular weight excluding hydrogens is 272 g/mol. The van der Waals surface area contributed by atoms with Gasteiger partial charge < -0.3 is 14.9 Å². The Bertz CT molecular complexity index is 636. The second kappa shape index (κ2) is 6.56. The summed E-state index contributed by atoms with van der Waals surface area (Å²) in [6, 6.07) is 16.3. The molecule has 21 heavy (non-hydrogen) atoms. The van der Waals surface area contributed by atoms with E-state index >= 15 is 0 Å². The van der Waals surface area contributed by atoms with Crippen molar-refractivity contribution in [1.82, 2.24) is 0 Å². The molecule has 0 aliphatic heterocycles. The van der Waals surface area contributed by atoms with Crippen molar-refractivity contribution in [3.63, 3.8) is 0 Å². The first kappa shape index (κ1) is 14.6. The Balaban J connectivity index is 2.32. The fourth-order valence-corrected chi connectivity index (χ4v) is 1.92. The minimum atomic E-state index is -1.42. The van der Waals surface area contributed by atoms with Crippen LogP contribution in [-0.4, -0.2) is 28.3 Å². The van der Waals surface area contributed by atoms with Crippen molar-refractivity contribution in [3.05, 3.63) is 54.6 Å². The summed E-state index contributed by atoms with van der Waals surface area (Å²) in [5.74, 6) is -2.18. The van der Waals surface area contributed by atoms with E-state index in [2.05, 4.69) is 0 Å². The van der Waals surface area contributed by atoms with E-state index in [1.807, 2.05) is 36.4 Å². The van der Waals surface area contributed by atoms with Gasteiger partial charge in [-0.2, -0.15) is 0 Å². The first-order valence-corrected chi connectivity index (χ1v) is 6.33. The zero-order valence-electron chi connectivity index (χ0n) is 11.1. The van der Waals surface area contributed by atoms with Gasteiger partial charge >= 0.3 is 11.9 Å². The fourth-order valence-electron chi connectivity index (χ4n) is 1.92. The average Bonchev–Trinajstić information content (AvgIpc) is 2.47. The molecule has 0 bridgehead atoms. The lowest BCUT2D eigenvalue weighted by molar-refractivity contribution is -0.151. The lowest BCUT2D eigenvalue weighted by atomic mass is 10.0. The van der Waals surface area contributed by atoms with Crippen molar-refractivity contribution in [3.8, 4) is 16.9 Å². The molecule has 0 radical (unpaired) electrons. The molecule has 0 saturated heterocycles. The monoisotopic (exact) mass is 286 g/mol. The minimum Gasteiger partial charge on any atom is -0.481 e. The summed E-state index contributed by atoms with van der Waals surface area (Å²) in [5.41, 5.74) is 1.59. The maximum atomic E-state index is 11.1. The molecule has 1 unspecified atom stereocenters. The molecule has 0 aromatic heterocycles. The lowest BCUT2D eigenvalue weighted by Gasteiger charge is -2.16. The standard InChI is InChI=1S/C16H14O5/c17-15(18)10-14(16(19)20)21-13-9-5-4-8-12(13)11-6-2-1-3-7-11/h1-9,14H,10H2,(H,17,18)(H,19,20). The van der Waals surface area contributed by atoms with Gasteiger partial charge in [-0.15, -0.1) is 0 Å². The number of aliphatic carboxylic acids is 2. The van der Waals surface area contributed by atoms with Gasteiger partial charge in [-0.05, 0) is 11.6 Å². The zero-order valence-corrected chi connectivity index (χ0v) is 11.1. The maximum Gasteiger partial charge on any atom is 0.345 e. The zero-order chi connectivity index (χ0) is 15.2. The van der Waals surface area contributed by atoms with E-state index < -0.39 is 24.5 Å². The summed E-state index contributed by atoms with van der Waals surface area (Å²) in [6.07, 6.45) is -2.02. The first-order chi connectivity index (χ1) is 10.1. The molecule has 2 aromatic rings. The second-order valence-electron chi connectivity index (χ2n) is 4.40.